The second-order valence-electron chi connectivity index (χ2n) is 4.99. The molecule has 0 spiro atoms. The van der Waals surface area contributed by atoms with Gasteiger partial charge in [-0.05, 0) is 12.5 Å². The molecule has 0 saturated carbocycles. The van der Waals surface area contributed by atoms with Gasteiger partial charge < -0.3 is 9.94 Å². The van der Waals surface area contributed by atoms with E-state index in [-0.39, 0.29) is 12.3 Å². The molecular formula is C15H12F3N3O4S. The van der Waals surface area contributed by atoms with E-state index in [0.717, 1.165) is 16.5 Å². The minimum atomic E-state index is -5.08. The third kappa shape index (κ3) is 5.28. The Morgan fingerprint density at radius 1 is 1.31 bits per heavy atom. The molecule has 1 aromatic heterocycles. The normalized spacial score (nSPS) is 11.9. The molecule has 0 bridgehead atoms. The second kappa shape index (κ2) is 7.95. The van der Waals surface area contributed by atoms with Crippen LogP contribution in [0.5, 0.6) is 0 Å². The number of amides is 1. The molecule has 0 aliphatic rings. The van der Waals surface area contributed by atoms with Gasteiger partial charge in [0.15, 0.2) is 5.13 Å². The van der Waals surface area contributed by atoms with Gasteiger partial charge in [-0.1, -0.05) is 35.0 Å². The van der Waals surface area contributed by atoms with Gasteiger partial charge in [0.05, 0.1) is 0 Å². The van der Waals surface area contributed by atoms with E-state index >= 15 is 0 Å². The molecule has 0 radical (unpaired) electrons. The fraction of sp³-hybridized carbons (Fsp3) is 0.200. The summed E-state index contributed by atoms with van der Waals surface area (Å²) in [6.07, 6.45) is -5.08. The molecule has 1 aromatic carbocycles. The number of aryl methyl sites for hydroxylation is 1. The molecule has 138 valence electrons. The van der Waals surface area contributed by atoms with Crippen molar-refractivity contribution in [2.24, 2.45) is 5.16 Å². The second-order valence-corrected chi connectivity index (χ2v) is 5.85. The summed E-state index contributed by atoms with van der Waals surface area (Å²) in [6.45, 7) is 1.90. The molecule has 2 N–H and O–H groups in total. The van der Waals surface area contributed by atoms with Crippen molar-refractivity contribution in [3.63, 3.8) is 0 Å². The van der Waals surface area contributed by atoms with Gasteiger partial charge in [0.2, 0.25) is 5.71 Å². The van der Waals surface area contributed by atoms with E-state index < -0.39 is 28.9 Å². The molecule has 0 aliphatic carbocycles. The van der Waals surface area contributed by atoms with E-state index in [1.165, 1.54) is 5.32 Å². The maximum absolute atomic E-state index is 12.2. The molecule has 7 nitrogen and oxygen atoms in total. The van der Waals surface area contributed by atoms with Gasteiger partial charge in [-0.3, -0.25) is 10.1 Å². The Bertz CT molecular complexity index is 831. The van der Waals surface area contributed by atoms with Crippen LogP contribution in [-0.4, -0.2) is 33.9 Å². The third-order valence-corrected chi connectivity index (χ3v) is 3.69. The number of thiazole rings is 1. The van der Waals surface area contributed by atoms with Crippen molar-refractivity contribution in [2.45, 2.75) is 19.7 Å². The summed E-state index contributed by atoms with van der Waals surface area (Å²) in [5.74, 6) is -3.68. The lowest BCUT2D eigenvalue weighted by Gasteiger charge is -2.04. The zero-order valence-corrected chi connectivity index (χ0v) is 14.0. The number of carboxylic acid groups (broad SMARTS) is 1. The van der Waals surface area contributed by atoms with Crippen molar-refractivity contribution in [2.75, 3.05) is 5.32 Å². The number of hydrogen-bond donors (Lipinski definition) is 2. The highest BCUT2D eigenvalue weighted by molar-refractivity contribution is 7.14. The van der Waals surface area contributed by atoms with E-state index in [1.54, 1.807) is 12.1 Å². The Labute approximate surface area is 149 Å². The van der Waals surface area contributed by atoms with Gasteiger partial charge in [-0.2, -0.15) is 13.2 Å². The van der Waals surface area contributed by atoms with Gasteiger partial charge in [0.25, 0.3) is 0 Å². The summed E-state index contributed by atoms with van der Waals surface area (Å²) in [5.41, 5.74) is 0.963. The van der Waals surface area contributed by atoms with Crippen LogP contribution in [0.3, 0.4) is 0 Å². The highest BCUT2D eigenvalue weighted by Gasteiger charge is 2.39. The first-order valence-corrected chi connectivity index (χ1v) is 7.87. The van der Waals surface area contributed by atoms with E-state index in [4.69, 9.17) is 9.94 Å². The number of hydrogen-bond acceptors (Lipinski definition) is 6. The lowest BCUT2D eigenvalue weighted by molar-refractivity contribution is -0.167. The Balaban J connectivity index is 2.08. The Morgan fingerprint density at radius 3 is 2.54 bits per heavy atom. The van der Waals surface area contributed by atoms with Crippen LogP contribution in [-0.2, 0) is 21.0 Å². The molecule has 0 unspecified atom stereocenters. The first-order chi connectivity index (χ1) is 12.2. The number of rotatable bonds is 6. The van der Waals surface area contributed by atoms with Crippen LogP contribution in [0, 0.1) is 6.92 Å². The van der Waals surface area contributed by atoms with Gasteiger partial charge in [-0.15, -0.1) is 11.3 Å². The van der Waals surface area contributed by atoms with Crippen LogP contribution in [0.2, 0.25) is 0 Å². The summed E-state index contributed by atoms with van der Waals surface area (Å²) in [7, 11) is 0. The number of carbonyl (C=O) groups is 2. The van der Waals surface area contributed by atoms with Crippen molar-refractivity contribution in [1.29, 1.82) is 0 Å². The highest BCUT2D eigenvalue weighted by atomic mass is 32.1. The van der Waals surface area contributed by atoms with Gasteiger partial charge >= 0.3 is 18.1 Å². The molecule has 0 fully saturated rings. The van der Waals surface area contributed by atoms with Gasteiger partial charge in [0.1, 0.15) is 12.3 Å². The summed E-state index contributed by atoms with van der Waals surface area (Å²) in [5, 5.41) is 14.9. The summed E-state index contributed by atoms with van der Waals surface area (Å²) in [6, 6.07) is 7.24. The predicted octanol–water partition coefficient (Wildman–Crippen LogP) is 2.96. The summed E-state index contributed by atoms with van der Waals surface area (Å²) < 4.78 is 36.6. The minimum Gasteiger partial charge on any atom is -0.476 e. The third-order valence-electron chi connectivity index (χ3n) is 2.93. The number of nitrogens with zero attached hydrogens (tertiary/aromatic N) is 2. The number of benzene rings is 1. The number of oxime groups is 1. The monoisotopic (exact) mass is 387 g/mol. The summed E-state index contributed by atoms with van der Waals surface area (Å²) >= 11 is 0.628. The van der Waals surface area contributed by atoms with Crippen LogP contribution in [0.25, 0.3) is 0 Å². The molecule has 2 rings (SSSR count). The lowest BCUT2D eigenvalue weighted by atomic mass is 10.2. The number of aromatic nitrogens is 1. The van der Waals surface area contributed by atoms with Crippen LogP contribution in [0.4, 0.5) is 18.3 Å². The number of carbonyl (C=O) groups excluding carboxylic acids is 1. The van der Waals surface area contributed by atoms with E-state index in [9.17, 15) is 22.8 Å². The molecular weight excluding hydrogens is 375 g/mol. The number of nitrogens with one attached hydrogen (secondary N) is 1. The largest absolute Gasteiger partial charge is 0.476 e. The van der Waals surface area contributed by atoms with Crippen LogP contribution >= 0.6 is 11.3 Å². The number of alkyl halides is 3. The highest BCUT2D eigenvalue weighted by Crippen LogP contribution is 2.21. The average molecular weight is 387 g/mol. The topological polar surface area (TPSA) is 101 Å². The molecule has 2 aromatic rings. The van der Waals surface area contributed by atoms with Crippen molar-refractivity contribution in [3.05, 3.63) is 46.5 Å². The number of carboxylic acids is 1. The van der Waals surface area contributed by atoms with Gasteiger partial charge in [-0.25, -0.2) is 9.78 Å². The van der Waals surface area contributed by atoms with Crippen LogP contribution in [0.1, 0.15) is 16.8 Å². The Morgan fingerprint density at radius 2 is 1.96 bits per heavy atom. The Kier molecular flexibility index (Phi) is 5.93. The lowest BCUT2D eigenvalue weighted by Crippen LogP contribution is -2.29. The molecule has 0 saturated heterocycles. The standard InChI is InChI=1S/C15H12F3N3O4S/c1-8-2-4-9(5-3-8)6-25-21-11(12(22)23)10-7-26-14(19-10)20-13(24)15(16,17)18/h2-5,7H,6H2,1H3,(H,22,23)(H,19,20,24)/b21-11-. The maximum Gasteiger partial charge on any atom is 0.471 e. The van der Waals surface area contributed by atoms with E-state index in [1.807, 2.05) is 19.1 Å². The van der Waals surface area contributed by atoms with Crippen LogP contribution in [0.15, 0.2) is 34.8 Å². The van der Waals surface area contributed by atoms with Crippen molar-refractivity contribution in [3.8, 4) is 0 Å². The Hall–Kier alpha value is -2.95. The zero-order chi connectivity index (χ0) is 19.3. The maximum atomic E-state index is 12.2. The number of aliphatic carboxylic acids is 1. The molecule has 1 amide bonds. The SMILES string of the molecule is Cc1ccc(CO/N=C(\C(=O)O)c2csc(NC(=O)C(F)(F)F)n2)cc1. The average Bonchev–Trinajstić information content (AvgIpc) is 3.00. The van der Waals surface area contributed by atoms with E-state index in [2.05, 4.69) is 10.1 Å². The molecule has 26 heavy (non-hydrogen) atoms. The first-order valence-electron chi connectivity index (χ1n) is 6.99. The number of halogens is 3. The molecule has 0 aliphatic heterocycles. The molecule has 0 atom stereocenters. The smallest absolute Gasteiger partial charge is 0.471 e. The fourth-order valence-electron chi connectivity index (χ4n) is 1.66. The number of anilines is 1. The first kappa shape index (κ1) is 19.4. The van der Waals surface area contributed by atoms with Crippen molar-refractivity contribution < 1.29 is 32.7 Å². The van der Waals surface area contributed by atoms with Crippen LogP contribution < -0.4 is 5.32 Å². The predicted molar refractivity (Wildman–Crippen MR) is 86.9 cm³/mol. The molecule has 1 heterocycles. The quantitative estimate of drug-likeness (QED) is 0.586. The minimum absolute atomic E-state index is 0.00113. The van der Waals surface area contributed by atoms with Crippen molar-refractivity contribution >= 4 is 34.1 Å². The zero-order valence-electron chi connectivity index (χ0n) is 13.2. The molecule has 11 heteroatoms. The van der Waals surface area contributed by atoms with Gasteiger partial charge in [0, 0.05) is 5.38 Å². The summed E-state index contributed by atoms with van der Waals surface area (Å²) in [4.78, 5) is 30.7. The fourth-order valence-corrected chi connectivity index (χ4v) is 2.35. The van der Waals surface area contributed by atoms with Crippen molar-refractivity contribution in [1.82, 2.24) is 4.98 Å². The van der Waals surface area contributed by atoms with E-state index in [0.29, 0.717) is 11.3 Å².